The van der Waals surface area contributed by atoms with Crippen molar-refractivity contribution in [3.05, 3.63) is 69.3 Å². The molecule has 2 aliphatic heterocycles. The van der Waals surface area contributed by atoms with E-state index in [-0.39, 0.29) is 65.7 Å². The number of rotatable bonds is 8. The monoisotopic (exact) mass is 706 g/mol. The van der Waals surface area contributed by atoms with Crippen LogP contribution >= 0.6 is 15.2 Å². The molecule has 3 fully saturated rings. The van der Waals surface area contributed by atoms with Gasteiger partial charge in [-0.15, -0.1) is 0 Å². The van der Waals surface area contributed by atoms with Gasteiger partial charge < -0.3 is 43.6 Å². The molecule has 48 heavy (non-hydrogen) atoms. The van der Waals surface area contributed by atoms with E-state index in [1.54, 1.807) is 9.47 Å². The first-order chi connectivity index (χ1) is 22.6. The number of pyridine rings is 1. The number of carbonyl (C=O) groups excluding carboxylic acids is 1. The molecule has 19 heteroatoms. The van der Waals surface area contributed by atoms with Gasteiger partial charge in [0.2, 0.25) is 5.43 Å². The molecule has 1 aliphatic carbocycles. The van der Waals surface area contributed by atoms with E-state index in [9.17, 15) is 53.5 Å². The van der Waals surface area contributed by atoms with E-state index < -0.39 is 68.0 Å². The normalized spacial score (nSPS) is 19.8. The third-order valence-electron chi connectivity index (χ3n) is 8.70. The van der Waals surface area contributed by atoms with Gasteiger partial charge >= 0.3 is 27.3 Å². The number of aromatic carboxylic acids is 1. The standard InChI is InChI=1S/C29H29FN4O12P2/c30-21-10-18-25(34(16-3-4-16)12-20(27(18)35)28(36)37)19(11-31)26(21)32-13-22-23(14-32)45-8-7-33(22)29(38)46-17-5-1-15(2-6-17)9-24(47(39,40)41)48(42,43)44/h1-2,5-6,10,12,16,22-24H,3-4,7-9,13-14H2,(H,36,37)(H2,39,40,41)(H2,42,43,44)/t22-,23-/m0/s1. The molecule has 3 heterocycles. The molecule has 3 aliphatic rings. The van der Waals surface area contributed by atoms with Crippen LogP contribution in [0.5, 0.6) is 5.75 Å². The molecular formula is C29H29FN4O12P2. The number of carbonyl (C=O) groups is 2. The lowest BCUT2D eigenvalue weighted by molar-refractivity contribution is -0.0361. The van der Waals surface area contributed by atoms with E-state index in [1.165, 1.54) is 35.4 Å². The first-order valence-corrected chi connectivity index (χ1v) is 18.0. The Bertz CT molecular complexity index is 2000. The fourth-order valence-electron chi connectivity index (χ4n) is 6.28. The summed E-state index contributed by atoms with van der Waals surface area (Å²) in [6.45, 7) is 0.354. The highest BCUT2D eigenvalue weighted by molar-refractivity contribution is 7.70. The molecule has 2 atom stereocenters. The van der Waals surface area contributed by atoms with E-state index in [1.807, 2.05) is 6.07 Å². The minimum Gasteiger partial charge on any atom is -0.477 e. The topological polar surface area (TPSA) is 240 Å². The van der Waals surface area contributed by atoms with Gasteiger partial charge in [0, 0.05) is 31.9 Å². The summed E-state index contributed by atoms with van der Waals surface area (Å²) < 4.78 is 52.0. The van der Waals surface area contributed by atoms with Gasteiger partial charge in [-0.2, -0.15) is 5.26 Å². The minimum atomic E-state index is -5.14. The third kappa shape index (κ3) is 6.36. The van der Waals surface area contributed by atoms with Crippen molar-refractivity contribution in [3.63, 3.8) is 0 Å². The fourth-order valence-corrected chi connectivity index (χ4v) is 8.75. The highest BCUT2D eigenvalue weighted by Gasteiger charge is 2.45. The predicted molar refractivity (Wildman–Crippen MR) is 165 cm³/mol. The van der Waals surface area contributed by atoms with Crippen LogP contribution in [0.2, 0.25) is 0 Å². The van der Waals surface area contributed by atoms with Crippen LogP contribution in [-0.2, 0) is 20.3 Å². The number of ether oxygens (including phenoxy) is 2. The zero-order valence-corrected chi connectivity index (χ0v) is 26.7. The zero-order chi connectivity index (χ0) is 34.7. The lowest BCUT2D eigenvalue weighted by Crippen LogP contribution is -2.54. The Kier molecular flexibility index (Phi) is 8.72. The van der Waals surface area contributed by atoms with Crippen molar-refractivity contribution in [2.45, 2.75) is 42.9 Å². The molecule has 254 valence electrons. The minimum absolute atomic E-state index is 0.0306. The molecule has 0 spiro atoms. The van der Waals surface area contributed by atoms with Crippen molar-refractivity contribution in [3.8, 4) is 11.8 Å². The summed E-state index contributed by atoms with van der Waals surface area (Å²) in [5.74, 6) is -2.33. The maximum Gasteiger partial charge on any atom is 0.415 e. The van der Waals surface area contributed by atoms with E-state index >= 15 is 4.39 Å². The molecule has 3 aromatic rings. The van der Waals surface area contributed by atoms with Crippen LogP contribution in [0.15, 0.2) is 41.3 Å². The summed E-state index contributed by atoms with van der Waals surface area (Å²) in [6.07, 6.45) is 0.564. The smallest absolute Gasteiger partial charge is 0.415 e. The lowest BCUT2D eigenvalue weighted by atomic mass is 10.0. The highest BCUT2D eigenvalue weighted by atomic mass is 31.2. The molecule has 2 saturated heterocycles. The largest absolute Gasteiger partial charge is 0.477 e. The first kappa shape index (κ1) is 33.8. The van der Waals surface area contributed by atoms with Crippen LogP contribution in [0, 0.1) is 17.1 Å². The van der Waals surface area contributed by atoms with Gasteiger partial charge in [-0.1, -0.05) is 12.1 Å². The van der Waals surface area contributed by atoms with Gasteiger partial charge in [-0.05, 0) is 43.0 Å². The number of amides is 1. The molecule has 6 rings (SSSR count). The molecule has 0 unspecified atom stereocenters. The summed E-state index contributed by atoms with van der Waals surface area (Å²) in [4.78, 5) is 78.6. The van der Waals surface area contributed by atoms with Crippen LogP contribution in [0.1, 0.15) is 40.4 Å². The van der Waals surface area contributed by atoms with Crippen LogP contribution in [0.25, 0.3) is 10.9 Å². The number of carboxylic acid groups (broad SMARTS) is 1. The molecular weight excluding hydrogens is 677 g/mol. The molecule has 1 saturated carbocycles. The number of nitrogens with zero attached hydrogens (tertiary/aromatic N) is 4. The van der Waals surface area contributed by atoms with Crippen molar-refractivity contribution < 1.29 is 57.3 Å². The third-order valence-corrected chi connectivity index (χ3v) is 12.4. The summed E-state index contributed by atoms with van der Waals surface area (Å²) in [6, 6.07) is 7.40. The van der Waals surface area contributed by atoms with Crippen molar-refractivity contribution in [2.24, 2.45) is 0 Å². The Balaban J connectivity index is 1.24. The van der Waals surface area contributed by atoms with Gasteiger partial charge in [0.25, 0.3) is 0 Å². The maximum absolute atomic E-state index is 15.8. The van der Waals surface area contributed by atoms with Crippen LogP contribution < -0.4 is 15.1 Å². The number of hydrogen-bond donors (Lipinski definition) is 5. The predicted octanol–water partition coefficient (Wildman–Crippen LogP) is 2.36. The zero-order valence-electron chi connectivity index (χ0n) is 24.9. The van der Waals surface area contributed by atoms with Gasteiger partial charge in [0.1, 0.15) is 28.8 Å². The summed E-state index contributed by atoms with van der Waals surface area (Å²) in [5.41, 5.74) is -1.36. The SMILES string of the molecule is N#Cc1c(N2C[C@@H]3OCCN(C(=O)Oc4ccc(CC(P(=O)(O)O)P(=O)(O)O)cc4)[C@H]3C2)c(F)cc2c(=O)c(C(=O)O)cn(C3CC3)c12. The van der Waals surface area contributed by atoms with Crippen LogP contribution in [0.3, 0.4) is 0 Å². The van der Waals surface area contributed by atoms with Crippen molar-refractivity contribution in [1.82, 2.24) is 9.47 Å². The highest BCUT2D eigenvalue weighted by Crippen LogP contribution is 2.61. The molecule has 0 radical (unpaired) electrons. The average Bonchev–Trinajstić information content (AvgIpc) is 3.76. The number of halogens is 1. The Morgan fingerprint density at radius 3 is 2.35 bits per heavy atom. The Morgan fingerprint density at radius 2 is 1.77 bits per heavy atom. The van der Waals surface area contributed by atoms with Crippen LogP contribution in [-0.4, -0.2) is 90.0 Å². The number of anilines is 1. The van der Waals surface area contributed by atoms with E-state index in [0.29, 0.717) is 12.8 Å². The van der Waals surface area contributed by atoms with Crippen molar-refractivity contribution in [2.75, 3.05) is 31.1 Å². The Hall–Kier alpha value is -4.13. The van der Waals surface area contributed by atoms with Gasteiger partial charge in [0.15, 0.2) is 5.40 Å². The lowest BCUT2D eigenvalue weighted by Gasteiger charge is -2.35. The summed E-state index contributed by atoms with van der Waals surface area (Å²) in [7, 11) is -10.3. The number of aromatic nitrogens is 1. The number of benzene rings is 2. The Labute approximate surface area is 270 Å². The van der Waals surface area contributed by atoms with Crippen LogP contribution in [0.4, 0.5) is 14.9 Å². The molecule has 5 N–H and O–H groups in total. The number of morpholine rings is 1. The fraction of sp³-hybridized carbons (Fsp3) is 0.379. The number of nitriles is 1. The maximum atomic E-state index is 15.8. The Morgan fingerprint density at radius 1 is 1.10 bits per heavy atom. The number of carboxylic acids is 1. The second-order valence-corrected chi connectivity index (χ2v) is 15.9. The average molecular weight is 707 g/mol. The summed E-state index contributed by atoms with van der Waals surface area (Å²) in [5, 5.41) is 17.4. The summed E-state index contributed by atoms with van der Waals surface area (Å²) >= 11 is 0. The molecule has 16 nitrogen and oxygen atoms in total. The molecule has 0 bridgehead atoms. The van der Waals surface area contributed by atoms with Gasteiger partial charge in [-0.25, -0.2) is 14.0 Å². The molecule has 1 aromatic heterocycles. The van der Waals surface area contributed by atoms with E-state index in [2.05, 4.69) is 0 Å². The number of hydrogen-bond acceptors (Lipinski definition) is 9. The molecule has 2 aromatic carbocycles. The molecule has 1 amide bonds. The quantitative estimate of drug-likeness (QED) is 0.211. The van der Waals surface area contributed by atoms with E-state index in [0.717, 1.165) is 6.07 Å². The number of fused-ring (bicyclic) bond motifs is 2. The van der Waals surface area contributed by atoms with Crippen molar-refractivity contribution >= 4 is 43.8 Å². The van der Waals surface area contributed by atoms with Gasteiger partial charge in [0.05, 0.1) is 35.3 Å². The second-order valence-electron chi connectivity index (χ2n) is 11.9. The first-order valence-electron chi connectivity index (χ1n) is 14.7. The van der Waals surface area contributed by atoms with Gasteiger partial charge in [-0.3, -0.25) is 18.8 Å². The van der Waals surface area contributed by atoms with Crippen molar-refractivity contribution in [1.29, 1.82) is 5.26 Å². The second kappa shape index (κ2) is 12.4. The van der Waals surface area contributed by atoms with E-state index in [4.69, 9.17) is 9.47 Å².